The van der Waals surface area contributed by atoms with E-state index in [1.165, 1.54) is 6.08 Å². The van der Waals surface area contributed by atoms with Gasteiger partial charge >= 0.3 is 11.9 Å². The SMILES string of the molecule is CCCC(=O)Oc1ccc(C=C(C#N)C(=O)O)cc1. The van der Waals surface area contributed by atoms with Crippen molar-refractivity contribution in [3.8, 4) is 11.8 Å². The number of benzene rings is 1. The van der Waals surface area contributed by atoms with E-state index in [9.17, 15) is 9.59 Å². The number of carboxylic acid groups (broad SMARTS) is 1. The van der Waals surface area contributed by atoms with Crippen molar-refractivity contribution in [2.75, 3.05) is 0 Å². The van der Waals surface area contributed by atoms with Crippen LogP contribution in [0.4, 0.5) is 0 Å². The maximum Gasteiger partial charge on any atom is 0.346 e. The fourth-order valence-electron chi connectivity index (χ4n) is 1.33. The smallest absolute Gasteiger partial charge is 0.346 e. The molecule has 0 heterocycles. The summed E-state index contributed by atoms with van der Waals surface area (Å²) in [6.07, 6.45) is 2.31. The van der Waals surface area contributed by atoms with Crippen molar-refractivity contribution >= 4 is 18.0 Å². The number of aliphatic carboxylic acids is 1. The Hall–Kier alpha value is -2.61. The highest BCUT2D eigenvalue weighted by atomic mass is 16.5. The monoisotopic (exact) mass is 259 g/mol. The normalized spacial score (nSPS) is 10.6. The van der Waals surface area contributed by atoms with Crippen LogP contribution in [0.1, 0.15) is 25.3 Å². The third-order valence-electron chi connectivity index (χ3n) is 2.23. The molecule has 98 valence electrons. The van der Waals surface area contributed by atoms with Crippen LogP contribution in [0, 0.1) is 11.3 Å². The standard InChI is InChI=1S/C14H13NO4/c1-2-3-13(16)19-12-6-4-10(5-7-12)8-11(9-15)14(17)18/h4-8H,2-3H2,1H3,(H,17,18). The van der Waals surface area contributed by atoms with Crippen molar-refractivity contribution < 1.29 is 19.4 Å². The van der Waals surface area contributed by atoms with Crippen LogP contribution in [-0.4, -0.2) is 17.0 Å². The van der Waals surface area contributed by atoms with Crippen LogP contribution in [0.3, 0.4) is 0 Å². The summed E-state index contributed by atoms with van der Waals surface area (Å²) in [5.41, 5.74) is 0.199. The van der Waals surface area contributed by atoms with Crippen molar-refractivity contribution in [2.24, 2.45) is 0 Å². The van der Waals surface area contributed by atoms with Gasteiger partial charge < -0.3 is 9.84 Å². The van der Waals surface area contributed by atoms with Gasteiger partial charge in [-0.25, -0.2) is 4.79 Å². The number of carboxylic acids is 1. The summed E-state index contributed by atoms with van der Waals surface area (Å²) in [4.78, 5) is 21.9. The minimum absolute atomic E-state index is 0.311. The fourth-order valence-corrected chi connectivity index (χ4v) is 1.33. The van der Waals surface area contributed by atoms with Crippen LogP contribution in [0.25, 0.3) is 6.08 Å². The minimum atomic E-state index is -1.28. The van der Waals surface area contributed by atoms with Crippen LogP contribution >= 0.6 is 0 Å². The molecule has 0 aromatic heterocycles. The fraction of sp³-hybridized carbons (Fsp3) is 0.214. The third-order valence-corrected chi connectivity index (χ3v) is 2.23. The number of rotatable bonds is 5. The molecular formula is C14H13NO4. The molecular weight excluding hydrogens is 246 g/mol. The number of carbonyl (C=O) groups is 2. The Balaban J connectivity index is 2.80. The molecule has 0 amide bonds. The topological polar surface area (TPSA) is 87.4 Å². The first-order valence-corrected chi connectivity index (χ1v) is 5.72. The molecule has 19 heavy (non-hydrogen) atoms. The molecule has 0 unspecified atom stereocenters. The lowest BCUT2D eigenvalue weighted by Gasteiger charge is -2.03. The lowest BCUT2D eigenvalue weighted by molar-refractivity contribution is -0.134. The van der Waals surface area contributed by atoms with Gasteiger partial charge in [-0.3, -0.25) is 4.79 Å². The highest BCUT2D eigenvalue weighted by Crippen LogP contribution is 2.15. The Morgan fingerprint density at radius 2 is 2.00 bits per heavy atom. The molecule has 0 aliphatic carbocycles. The van der Waals surface area contributed by atoms with Gasteiger partial charge in [0.15, 0.2) is 0 Å². The molecule has 1 rings (SSSR count). The number of hydrogen-bond acceptors (Lipinski definition) is 4. The highest BCUT2D eigenvalue weighted by Gasteiger charge is 2.06. The molecule has 0 aliphatic rings. The van der Waals surface area contributed by atoms with Crippen molar-refractivity contribution in [1.29, 1.82) is 5.26 Å². The molecule has 0 fully saturated rings. The van der Waals surface area contributed by atoms with E-state index in [0.29, 0.717) is 24.2 Å². The molecule has 5 heteroatoms. The van der Waals surface area contributed by atoms with E-state index in [-0.39, 0.29) is 11.5 Å². The number of hydrogen-bond donors (Lipinski definition) is 1. The summed E-state index contributed by atoms with van der Waals surface area (Å²) in [6.45, 7) is 1.88. The summed E-state index contributed by atoms with van der Waals surface area (Å²) in [6, 6.07) is 7.85. The number of esters is 1. The van der Waals surface area contributed by atoms with Gasteiger partial charge in [0.2, 0.25) is 0 Å². The van der Waals surface area contributed by atoms with Crippen molar-refractivity contribution in [3.05, 3.63) is 35.4 Å². The third kappa shape index (κ3) is 4.64. The number of nitrogens with zero attached hydrogens (tertiary/aromatic N) is 1. The second-order valence-corrected chi connectivity index (χ2v) is 3.77. The zero-order valence-electron chi connectivity index (χ0n) is 10.4. The molecule has 0 aliphatic heterocycles. The van der Waals surface area contributed by atoms with Gasteiger partial charge in [-0.05, 0) is 30.2 Å². The van der Waals surface area contributed by atoms with Gasteiger partial charge in [-0.15, -0.1) is 0 Å². The van der Waals surface area contributed by atoms with Gasteiger partial charge in [0, 0.05) is 6.42 Å². The van der Waals surface area contributed by atoms with Crippen LogP contribution < -0.4 is 4.74 Å². The largest absolute Gasteiger partial charge is 0.477 e. The van der Waals surface area contributed by atoms with E-state index in [1.54, 1.807) is 30.3 Å². The molecule has 0 spiro atoms. The zero-order chi connectivity index (χ0) is 14.3. The molecule has 1 aromatic carbocycles. The second kappa shape index (κ2) is 6.97. The van der Waals surface area contributed by atoms with Gasteiger partial charge in [0.1, 0.15) is 17.4 Å². The Morgan fingerprint density at radius 3 is 2.47 bits per heavy atom. The number of carbonyl (C=O) groups excluding carboxylic acids is 1. The first-order valence-electron chi connectivity index (χ1n) is 5.72. The number of ether oxygens (including phenoxy) is 1. The minimum Gasteiger partial charge on any atom is -0.477 e. The maximum absolute atomic E-state index is 11.3. The lowest BCUT2D eigenvalue weighted by Crippen LogP contribution is -2.06. The van der Waals surface area contributed by atoms with Crippen LogP contribution in [-0.2, 0) is 9.59 Å². The molecule has 0 atom stereocenters. The summed E-state index contributed by atoms with van der Waals surface area (Å²) < 4.78 is 5.05. The molecule has 1 aromatic rings. The van der Waals surface area contributed by atoms with E-state index >= 15 is 0 Å². The molecule has 0 saturated carbocycles. The van der Waals surface area contributed by atoms with E-state index in [2.05, 4.69) is 0 Å². The van der Waals surface area contributed by atoms with Crippen molar-refractivity contribution in [1.82, 2.24) is 0 Å². The van der Waals surface area contributed by atoms with E-state index < -0.39 is 5.97 Å². The van der Waals surface area contributed by atoms with Crippen molar-refractivity contribution in [2.45, 2.75) is 19.8 Å². The quantitative estimate of drug-likeness (QED) is 0.379. The summed E-state index contributed by atoms with van der Waals surface area (Å²) in [5, 5.41) is 17.3. The molecule has 0 bridgehead atoms. The highest BCUT2D eigenvalue weighted by molar-refractivity contribution is 5.96. The first kappa shape index (κ1) is 14.5. The van der Waals surface area contributed by atoms with Crippen molar-refractivity contribution in [3.63, 3.8) is 0 Å². The lowest BCUT2D eigenvalue weighted by atomic mass is 10.1. The average Bonchev–Trinajstić information content (AvgIpc) is 2.37. The van der Waals surface area contributed by atoms with Crippen LogP contribution in [0.15, 0.2) is 29.8 Å². The maximum atomic E-state index is 11.3. The Labute approximate surface area is 110 Å². The molecule has 0 saturated heterocycles. The van der Waals surface area contributed by atoms with Gasteiger partial charge in [0.05, 0.1) is 0 Å². The summed E-state index contributed by atoms with van der Waals surface area (Å²) >= 11 is 0. The Morgan fingerprint density at radius 1 is 1.37 bits per heavy atom. The predicted molar refractivity (Wildman–Crippen MR) is 68.2 cm³/mol. The van der Waals surface area contributed by atoms with Crippen LogP contribution in [0.2, 0.25) is 0 Å². The zero-order valence-corrected chi connectivity index (χ0v) is 10.4. The second-order valence-electron chi connectivity index (χ2n) is 3.77. The van der Waals surface area contributed by atoms with E-state index in [0.717, 1.165) is 0 Å². The average molecular weight is 259 g/mol. The molecule has 0 radical (unpaired) electrons. The predicted octanol–water partition coefficient (Wildman–Crippen LogP) is 2.38. The van der Waals surface area contributed by atoms with E-state index in [1.807, 2.05) is 6.92 Å². The van der Waals surface area contributed by atoms with E-state index in [4.69, 9.17) is 15.1 Å². The first-order chi connectivity index (χ1) is 9.06. The number of nitriles is 1. The summed E-state index contributed by atoms with van der Waals surface area (Å²) in [7, 11) is 0. The van der Waals surface area contributed by atoms with Crippen LogP contribution in [0.5, 0.6) is 5.75 Å². The summed E-state index contributed by atoms with van der Waals surface area (Å²) in [5.74, 6) is -1.19. The van der Waals surface area contributed by atoms with Gasteiger partial charge in [0.25, 0.3) is 0 Å². The van der Waals surface area contributed by atoms with Gasteiger partial charge in [-0.2, -0.15) is 5.26 Å². The Bertz CT molecular complexity index is 538. The Kier molecular flexibility index (Phi) is 5.30. The molecule has 5 nitrogen and oxygen atoms in total. The van der Waals surface area contributed by atoms with Gasteiger partial charge in [-0.1, -0.05) is 19.1 Å². The molecule has 1 N–H and O–H groups in total.